The Bertz CT molecular complexity index is 94.9. The second-order valence-corrected chi connectivity index (χ2v) is 3.76. The van der Waals surface area contributed by atoms with Crippen molar-refractivity contribution < 1.29 is 0 Å². The minimum absolute atomic E-state index is 0.640. The van der Waals surface area contributed by atoms with Crippen LogP contribution in [-0.2, 0) is 0 Å². The van der Waals surface area contributed by atoms with Gasteiger partial charge in [-0.1, -0.05) is 6.92 Å². The first-order chi connectivity index (χ1) is 4.20. The minimum Gasteiger partial charge on any atom is -0.306 e. The number of piperidine rings is 1. The molecule has 0 radical (unpaired) electrons. The molecule has 1 nitrogen and oxygen atoms in total. The highest BCUT2D eigenvalue weighted by atomic mass is 32.1. The SMILES string of the molecule is CC1CN(C)CCC1S. The minimum atomic E-state index is 0.640. The summed E-state index contributed by atoms with van der Waals surface area (Å²) in [5, 5.41) is 0.640. The zero-order valence-corrected chi connectivity index (χ0v) is 7.06. The average molecular weight is 145 g/mol. The van der Waals surface area contributed by atoms with Gasteiger partial charge in [0.1, 0.15) is 0 Å². The number of hydrogen-bond donors (Lipinski definition) is 1. The Morgan fingerprint density at radius 2 is 2.22 bits per heavy atom. The van der Waals surface area contributed by atoms with Crippen LogP contribution in [-0.4, -0.2) is 30.3 Å². The first kappa shape index (κ1) is 7.42. The van der Waals surface area contributed by atoms with Crippen molar-refractivity contribution in [2.24, 2.45) is 5.92 Å². The van der Waals surface area contributed by atoms with Crippen LogP contribution < -0.4 is 0 Å². The number of rotatable bonds is 0. The smallest absolute Gasteiger partial charge is 0.00667 e. The molecule has 0 aliphatic carbocycles. The highest BCUT2D eigenvalue weighted by Gasteiger charge is 2.20. The monoisotopic (exact) mass is 145 g/mol. The molecule has 1 aliphatic heterocycles. The van der Waals surface area contributed by atoms with Gasteiger partial charge in [0, 0.05) is 11.8 Å². The third-order valence-corrected chi connectivity index (χ3v) is 2.83. The summed E-state index contributed by atoms with van der Waals surface area (Å²) < 4.78 is 0. The van der Waals surface area contributed by atoms with Gasteiger partial charge < -0.3 is 4.90 Å². The number of likely N-dealkylation sites (tertiary alicyclic amines) is 1. The van der Waals surface area contributed by atoms with Gasteiger partial charge in [0.25, 0.3) is 0 Å². The predicted molar refractivity (Wildman–Crippen MR) is 44.1 cm³/mol. The maximum atomic E-state index is 4.47. The maximum absolute atomic E-state index is 4.47. The van der Waals surface area contributed by atoms with Crippen LogP contribution in [0.3, 0.4) is 0 Å². The molecular weight excluding hydrogens is 130 g/mol. The van der Waals surface area contributed by atoms with Crippen LogP contribution >= 0.6 is 12.6 Å². The second kappa shape index (κ2) is 2.93. The summed E-state index contributed by atoms with van der Waals surface area (Å²) in [5.41, 5.74) is 0. The first-order valence-electron chi connectivity index (χ1n) is 3.57. The summed E-state index contributed by atoms with van der Waals surface area (Å²) >= 11 is 4.47. The second-order valence-electron chi connectivity index (χ2n) is 3.10. The Balaban J connectivity index is 2.35. The lowest BCUT2D eigenvalue weighted by Gasteiger charge is -2.31. The van der Waals surface area contributed by atoms with E-state index in [-0.39, 0.29) is 0 Å². The molecule has 0 amide bonds. The summed E-state index contributed by atoms with van der Waals surface area (Å²) in [6.07, 6.45) is 1.25. The van der Waals surface area contributed by atoms with Crippen LogP contribution in [0.4, 0.5) is 0 Å². The van der Waals surface area contributed by atoms with Gasteiger partial charge in [-0.3, -0.25) is 0 Å². The van der Waals surface area contributed by atoms with E-state index in [2.05, 4.69) is 31.5 Å². The van der Waals surface area contributed by atoms with Crippen LogP contribution in [0.15, 0.2) is 0 Å². The van der Waals surface area contributed by atoms with Crippen molar-refractivity contribution in [1.82, 2.24) is 4.90 Å². The molecule has 1 rings (SSSR count). The number of hydrogen-bond acceptors (Lipinski definition) is 2. The topological polar surface area (TPSA) is 3.24 Å². The van der Waals surface area contributed by atoms with E-state index in [1.54, 1.807) is 0 Å². The average Bonchev–Trinajstić information content (AvgIpc) is 1.80. The molecule has 0 spiro atoms. The molecule has 0 aromatic rings. The summed E-state index contributed by atoms with van der Waals surface area (Å²) in [4.78, 5) is 2.37. The fourth-order valence-corrected chi connectivity index (χ4v) is 1.55. The fraction of sp³-hybridized carbons (Fsp3) is 1.00. The molecule has 2 unspecified atom stereocenters. The van der Waals surface area contributed by atoms with Crippen molar-refractivity contribution in [3.63, 3.8) is 0 Å². The van der Waals surface area contributed by atoms with E-state index in [0.29, 0.717) is 5.25 Å². The fourth-order valence-electron chi connectivity index (χ4n) is 1.34. The molecule has 0 aromatic carbocycles. The van der Waals surface area contributed by atoms with Crippen molar-refractivity contribution in [3.05, 3.63) is 0 Å². The molecular formula is C7H15NS. The summed E-state index contributed by atoms with van der Waals surface area (Å²) in [6.45, 7) is 4.71. The van der Waals surface area contributed by atoms with Gasteiger partial charge in [-0.25, -0.2) is 0 Å². The Hall–Kier alpha value is 0.310. The van der Waals surface area contributed by atoms with Crippen molar-refractivity contribution >= 4 is 12.6 Å². The molecule has 54 valence electrons. The Kier molecular flexibility index (Phi) is 2.42. The third-order valence-electron chi connectivity index (χ3n) is 2.06. The molecule has 0 N–H and O–H groups in total. The van der Waals surface area contributed by atoms with E-state index < -0.39 is 0 Å². The molecule has 9 heavy (non-hydrogen) atoms. The third kappa shape index (κ3) is 1.87. The molecule has 1 aliphatic rings. The quantitative estimate of drug-likeness (QED) is 0.502. The van der Waals surface area contributed by atoms with E-state index in [1.807, 2.05) is 0 Å². The van der Waals surface area contributed by atoms with Gasteiger partial charge in [0.15, 0.2) is 0 Å². The molecule has 2 heteroatoms. The lowest BCUT2D eigenvalue weighted by molar-refractivity contribution is 0.229. The lowest BCUT2D eigenvalue weighted by Crippen LogP contribution is -2.37. The summed E-state index contributed by atoms with van der Waals surface area (Å²) in [5.74, 6) is 0.770. The molecule has 0 saturated carbocycles. The first-order valence-corrected chi connectivity index (χ1v) is 4.08. The molecule has 0 aromatic heterocycles. The lowest BCUT2D eigenvalue weighted by atomic mass is 10.0. The molecule has 1 saturated heterocycles. The van der Waals surface area contributed by atoms with Gasteiger partial charge in [0.05, 0.1) is 0 Å². The predicted octanol–water partition coefficient (Wildman–Crippen LogP) is 1.26. The van der Waals surface area contributed by atoms with Crippen molar-refractivity contribution in [3.8, 4) is 0 Å². The zero-order valence-electron chi connectivity index (χ0n) is 6.17. The van der Waals surface area contributed by atoms with E-state index >= 15 is 0 Å². The van der Waals surface area contributed by atoms with Crippen molar-refractivity contribution in [1.29, 1.82) is 0 Å². The highest BCUT2D eigenvalue weighted by molar-refractivity contribution is 7.81. The number of thiol groups is 1. The Morgan fingerprint density at radius 3 is 2.67 bits per heavy atom. The van der Waals surface area contributed by atoms with Crippen LogP contribution in [0.1, 0.15) is 13.3 Å². The normalized spacial score (nSPS) is 39.0. The van der Waals surface area contributed by atoms with Crippen LogP contribution in [0.2, 0.25) is 0 Å². The number of nitrogens with zero attached hydrogens (tertiary/aromatic N) is 1. The van der Waals surface area contributed by atoms with Crippen LogP contribution in [0.25, 0.3) is 0 Å². The van der Waals surface area contributed by atoms with Gasteiger partial charge in [-0.15, -0.1) is 0 Å². The van der Waals surface area contributed by atoms with E-state index in [0.717, 1.165) is 5.92 Å². The van der Waals surface area contributed by atoms with Gasteiger partial charge in [-0.05, 0) is 25.9 Å². The Morgan fingerprint density at radius 1 is 1.56 bits per heavy atom. The molecule has 1 heterocycles. The largest absolute Gasteiger partial charge is 0.306 e. The van der Waals surface area contributed by atoms with Gasteiger partial charge in [-0.2, -0.15) is 12.6 Å². The zero-order chi connectivity index (χ0) is 6.85. The van der Waals surface area contributed by atoms with Crippen LogP contribution in [0.5, 0.6) is 0 Å². The van der Waals surface area contributed by atoms with Crippen LogP contribution in [0, 0.1) is 5.92 Å². The summed E-state index contributed by atoms with van der Waals surface area (Å²) in [6, 6.07) is 0. The molecule has 2 atom stereocenters. The standard InChI is InChI=1S/C7H15NS/c1-6-5-8(2)4-3-7(6)9/h6-7,9H,3-5H2,1-2H3. The molecule has 0 bridgehead atoms. The summed E-state index contributed by atoms with van der Waals surface area (Å²) in [7, 11) is 2.18. The van der Waals surface area contributed by atoms with E-state index in [9.17, 15) is 0 Å². The van der Waals surface area contributed by atoms with Crippen molar-refractivity contribution in [2.75, 3.05) is 20.1 Å². The maximum Gasteiger partial charge on any atom is 0.00667 e. The highest BCUT2D eigenvalue weighted by Crippen LogP contribution is 2.19. The van der Waals surface area contributed by atoms with E-state index in [1.165, 1.54) is 19.5 Å². The van der Waals surface area contributed by atoms with Gasteiger partial charge >= 0.3 is 0 Å². The van der Waals surface area contributed by atoms with E-state index in [4.69, 9.17) is 0 Å². The molecule has 1 fully saturated rings. The van der Waals surface area contributed by atoms with Crippen molar-refractivity contribution in [2.45, 2.75) is 18.6 Å². The van der Waals surface area contributed by atoms with Gasteiger partial charge in [0.2, 0.25) is 0 Å². The Labute approximate surface area is 62.8 Å².